The Morgan fingerprint density at radius 2 is 0.477 bits per heavy atom. The van der Waals surface area contributed by atoms with Crippen LogP contribution in [0.5, 0.6) is 11.5 Å². The van der Waals surface area contributed by atoms with Crippen LogP contribution in [-0.2, 0) is 21.7 Å². The highest BCUT2D eigenvalue weighted by Gasteiger charge is 2.23. The zero-order valence-electron chi connectivity index (χ0n) is 41.2. The summed E-state index contributed by atoms with van der Waals surface area (Å²) in [6.45, 7) is 28.6. The molecule has 0 atom stereocenters. The Bertz CT molecular complexity index is 2550. The van der Waals surface area contributed by atoms with Gasteiger partial charge in [-0.1, -0.05) is 204 Å². The Morgan fingerprint density at radius 3 is 0.723 bits per heavy atom. The molecular weight excluding hydrogens is 789 g/mol. The Morgan fingerprint density at radius 1 is 0.262 bits per heavy atom. The molecule has 6 bridgehead atoms. The average Bonchev–Trinajstić information content (AvgIpc) is 3.27. The summed E-state index contributed by atoms with van der Waals surface area (Å²) in [7, 11) is 0. The summed E-state index contributed by atoms with van der Waals surface area (Å²) in [5.41, 5.74) is 19.5. The van der Waals surface area contributed by atoms with Gasteiger partial charge in [-0.05, 0) is 143 Å². The van der Waals surface area contributed by atoms with Gasteiger partial charge in [-0.25, -0.2) is 0 Å². The molecule has 0 radical (unpaired) electrons. The van der Waals surface area contributed by atoms with Crippen LogP contribution in [0.1, 0.15) is 125 Å². The van der Waals surface area contributed by atoms with Crippen LogP contribution in [0.2, 0.25) is 0 Å². The second-order valence-corrected chi connectivity index (χ2v) is 22.4. The molecule has 0 fully saturated rings. The molecule has 0 saturated heterocycles. The van der Waals surface area contributed by atoms with Gasteiger partial charge in [0.1, 0.15) is 11.5 Å². The van der Waals surface area contributed by atoms with Gasteiger partial charge in [0, 0.05) is 11.1 Å². The first-order chi connectivity index (χ1) is 30.7. The first kappa shape index (κ1) is 45.7. The zero-order chi connectivity index (χ0) is 46.3. The summed E-state index contributed by atoms with van der Waals surface area (Å²) in [5, 5.41) is 0. The van der Waals surface area contributed by atoms with Crippen molar-refractivity contribution in [2.75, 3.05) is 13.2 Å². The van der Waals surface area contributed by atoms with E-state index in [-0.39, 0.29) is 21.7 Å². The Balaban J connectivity index is 1.31. The number of fused-ring (bicyclic) bond motifs is 8. The molecule has 2 aliphatic heterocycles. The van der Waals surface area contributed by atoms with Gasteiger partial charge in [0.25, 0.3) is 0 Å². The average molecular weight is 859 g/mol. The van der Waals surface area contributed by atoms with E-state index in [1.807, 2.05) is 0 Å². The maximum atomic E-state index is 6.85. The molecule has 2 nitrogen and oxygen atoms in total. The fourth-order valence-electron chi connectivity index (χ4n) is 8.98. The summed E-state index contributed by atoms with van der Waals surface area (Å²) >= 11 is 0. The van der Waals surface area contributed by atoms with E-state index in [4.69, 9.17) is 9.47 Å². The molecule has 0 saturated carbocycles. The van der Waals surface area contributed by atoms with Gasteiger partial charge in [-0.15, -0.1) is 0 Å². The van der Waals surface area contributed by atoms with E-state index in [1.165, 1.54) is 44.5 Å². The number of hydrogen-bond donors (Lipinski definition) is 0. The Hall–Kier alpha value is -5.86. The van der Waals surface area contributed by atoms with Crippen LogP contribution in [0.3, 0.4) is 0 Å². The quantitative estimate of drug-likeness (QED) is 0.176. The normalized spacial score (nSPS) is 13.8. The monoisotopic (exact) mass is 859 g/mol. The Kier molecular flexibility index (Phi) is 12.5. The third-order valence-electron chi connectivity index (χ3n) is 13.3. The molecule has 0 unspecified atom stereocenters. The van der Waals surface area contributed by atoms with Crippen molar-refractivity contribution >= 4 is 0 Å². The second kappa shape index (κ2) is 17.8. The van der Waals surface area contributed by atoms with Crippen molar-refractivity contribution in [2.24, 2.45) is 0 Å². The minimum Gasteiger partial charge on any atom is -0.493 e. The molecule has 0 N–H and O–H groups in total. The van der Waals surface area contributed by atoms with Crippen molar-refractivity contribution < 1.29 is 9.47 Å². The molecular formula is C63H70O2. The van der Waals surface area contributed by atoms with Gasteiger partial charge in [-0.2, -0.15) is 0 Å². The predicted octanol–water partition coefficient (Wildman–Crippen LogP) is 17.8. The first-order valence-electron chi connectivity index (χ1n) is 23.9. The summed E-state index contributed by atoms with van der Waals surface area (Å²) in [6.07, 6.45) is 2.86. The highest BCUT2D eigenvalue weighted by molar-refractivity contribution is 5.93. The van der Waals surface area contributed by atoms with Crippen LogP contribution in [0.15, 0.2) is 146 Å². The molecule has 0 aliphatic carbocycles. The molecule has 0 amide bonds. The van der Waals surface area contributed by atoms with Gasteiger partial charge in [-0.3, -0.25) is 0 Å². The third kappa shape index (κ3) is 10.2. The fourth-order valence-corrected chi connectivity index (χ4v) is 8.98. The van der Waals surface area contributed by atoms with Crippen molar-refractivity contribution in [1.82, 2.24) is 0 Å². The lowest BCUT2D eigenvalue weighted by molar-refractivity contribution is 0.280. The van der Waals surface area contributed by atoms with Crippen LogP contribution in [0, 0.1) is 0 Å². The van der Waals surface area contributed by atoms with Gasteiger partial charge in [0.2, 0.25) is 0 Å². The van der Waals surface area contributed by atoms with E-state index in [0.717, 1.165) is 75.3 Å². The van der Waals surface area contributed by atoms with Gasteiger partial charge in [0.15, 0.2) is 0 Å². The molecule has 7 aromatic rings. The molecule has 334 valence electrons. The molecule has 2 heterocycles. The van der Waals surface area contributed by atoms with Crippen molar-refractivity contribution in [3.63, 3.8) is 0 Å². The molecule has 0 aromatic heterocycles. The number of ether oxygens (including phenoxy) is 2. The van der Waals surface area contributed by atoms with E-state index in [9.17, 15) is 0 Å². The van der Waals surface area contributed by atoms with E-state index in [1.54, 1.807) is 0 Å². The lowest BCUT2D eigenvalue weighted by Gasteiger charge is -2.22. The molecule has 2 aliphatic rings. The number of benzene rings is 7. The molecule has 7 aromatic carbocycles. The first-order valence-corrected chi connectivity index (χ1v) is 23.9. The van der Waals surface area contributed by atoms with Crippen LogP contribution < -0.4 is 9.47 Å². The standard InChI is InChI=1S/C63H70O2/c1-60(2,3)48-28-20-44(21-29-48)52-38-56(46-24-32-50(33-25-46)62(7,8)9)58-40-54(52)42-16-18-43(19-17-42)55-41-59(65-37-15-13-14-36-64-58)57(47-26-34-51(35-27-47)63(10,11)12)39-53(55)45-22-30-49(31-23-45)61(4,5)6/h16-35,38-41H,13-15,36-37H2,1-12H3. The lowest BCUT2D eigenvalue weighted by atomic mass is 9.83. The summed E-state index contributed by atoms with van der Waals surface area (Å²) < 4.78 is 13.7. The summed E-state index contributed by atoms with van der Waals surface area (Å²) in [5.74, 6) is 1.83. The van der Waals surface area contributed by atoms with Crippen molar-refractivity contribution in [3.8, 4) is 78.3 Å². The van der Waals surface area contributed by atoms with E-state index in [0.29, 0.717) is 13.2 Å². The van der Waals surface area contributed by atoms with E-state index >= 15 is 0 Å². The van der Waals surface area contributed by atoms with Crippen molar-refractivity contribution in [2.45, 2.75) is 124 Å². The molecule has 0 spiro atoms. The SMILES string of the molecule is CC(C)(C)c1ccc(-c2cc(-c3ccc(C(C)(C)C)cc3)c3cc2OCCCCCOc2cc(c(-c4ccc(C(C)(C)C)cc4)cc2-c2ccc(C(C)(C)C)cc2)-c2ccc-3cc2)cc1. The maximum absolute atomic E-state index is 6.85. The highest BCUT2D eigenvalue weighted by atomic mass is 16.5. The van der Waals surface area contributed by atoms with Gasteiger partial charge < -0.3 is 9.47 Å². The van der Waals surface area contributed by atoms with E-state index < -0.39 is 0 Å². The number of hydrogen-bond acceptors (Lipinski definition) is 2. The Labute approximate surface area is 391 Å². The van der Waals surface area contributed by atoms with Crippen LogP contribution in [-0.4, -0.2) is 13.2 Å². The topological polar surface area (TPSA) is 18.5 Å². The second-order valence-electron chi connectivity index (χ2n) is 22.4. The van der Waals surface area contributed by atoms with Crippen molar-refractivity contribution in [3.05, 3.63) is 168 Å². The van der Waals surface area contributed by atoms with Crippen molar-refractivity contribution in [1.29, 1.82) is 0 Å². The van der Waals surface area contributed by atoms with Crippen LogP contribution >= 0.6 is 0 Å². The van der Waals surface area contributed by atoms with E-state index in [2.05, 4.69) is 229 Å². The largest absolute Gasteiger partial charge is 0.493 e. The highest BCUT2D eigenvalue weighted by Crippen LogP contribution is 2.46. The molecule has 65 heavy (non-hydrogen) atoms. The van der Waals surface area contributed by atoms with Crippen LogP contribution in [0.4, 0.5) is 0 Å². The third-order valence-corrected chi connectivity index (χ3v) is 13.3. The maximum Gasteiger partial charge on any atom is 0.127 e. The minimum absolute atomic E-state index is 0.0593. The van der Waals surface area contributed by atoms with Gasteiger partial charge >= 0.3 is 0 Å². The minimum atomic E-state index is 0.0593. The predicted molar refractivity (Wildman–Crippen MR) is 279 cm³/mol. The molecule has 2 heteroatoms. The van der Waals surface area contributed by atoms with Gasteiger partial charge in [0.05, 0.1) is 13.2 Å². The zero-order valence-corrected chi connectivity index (χ0v) is 41.2. The summed E-state index contributed by atoms with van der Waals surface area (Å²) in [4.78, 5) is 0. The molecule has 9 rings (SSSR count). The fraction of sp³-hybridized carbons (Fsp3) is 0.333. The number of rotatable bonds is 4. The lowest BCUT2D eigenvalue weighted by Crippen LogP contribution is -2.10. The summed E-state index contributed by atoms with van der Waals surface area (Å²) in [6, 6.07) is 55.1. The smallest absolute Gasteiger partial charge is 0.127 e. The van der Waals surface area contributed by atoms with Crippen LogP contribution in [0.25, 0.3) is 66.8 Å².